The Labute approximate surface area is 78.8 Å². The van der Waals surface area contributed by atoms with Crippen LogP contribution in [0, 0.1) is 11.6 Å². The first kappa shape index (κ1) is 8.68. The van der Waals surface area contributed by atoms with Gasteiger partial charge in [-0.1, -0.05) is 0 Å². The predicted octanol–water partition coefficient (Wildman–Crippen LogP) is 2.43. The number of anilines is 2. The molecule has 0 bridgehead atoms. The molecule has 1 aromatic carbocycles. The molecule has 3 nitrogen and oxygen atoms in total. The van der Waals surface area contributed by atoms with Gasteiger partial charge in [-0.05, 0) is 12.1 Å². The molecular formula is C9H7F2N3. The van der Waals surface area contributed by atoms with Crippen LogP contribution < -0.4 is 5.32 Å². The van der Waals surface area contributed by atoms with Gasteiger partial charge in [0.25, 0.3) is 0 Å². The molecule has 72 valence electrons. The summed E-state index contributed by atoms with van der Waals surface area (Å²) in [6, 6.07) is 3.23. The number of nitrogens with zero attached hydrogens (tertiary/aromatic N) is 1. The monoisotopic (exact) mass is 195 g/mol. The summed E-state index contributed by atoms with van der Waals surface area (Å²) in [4.78, 5) is 0. The molecule has 0 saturated heterocycles. The molecule has 0 aliphatic rings. The Hall–Kier alpha value is -1.91. The van der Waals surface area contributed by atoms with E-state index < -0.39 is 11.6 Å². The highest BCUT2D eigenvalue weighted by Gasteiger charge is 2.00. The first-order valence-electron chi connectivity index (χ1n) is 3.96. The van der Waals surface area contributed by atoms with Gasteiger partial charge in [-0.2, -0.15) is 5.10 Å². The van der Waals surface area contributed by atoms with Crippen LogP contribution in [0.4, 0.5) is 20.2 Å². The van der Waals surface area contributed by atoms with Crippen molar-refractivity contribution in [3.05, 3.63) is 42.2 Å². The lowest BCUT2D eigenvalue weighted by Gasteiger charge is -2.02. The van der Waals surface area contributed by atoms with Crippen molar-refractivity contribution in [3.63, 3.8) is 0 Å². The normalized spacial score (nSPS) is 10.1. The van der Waals surface area contributed by atoms with Crippen LogP contribution in [0.1, 0.15) is 0 Å². The number of halogens is 2. The molecule has 2 rings (SSSR count). The Kier molecular flexibility index (Phi) is 2.14. The number of hydrogen-bond acceptors (Lipinski definition) is 2. The van der Waals surface area contributed by atoms with Crippen molar-refractivity contribution in [3.8, 4) is 0 Å². The SMILES string of the molecule is Fc1cc(F)cc(Nc2cn[nH]c2)c1. The van der Waals surface area contributed by atoms with Crippen LogP contribution >= 0.6 is 0 Å². The Balaban J connectivity index is 2.25. The smallest absolute Gasteiger partial charge is 0.128 e. The molecule has 0 spiro atoms. The van der Waals surface area contributed by atoms with E-state index in [1.165, 1.54) is 18.3 Å². The molecule has 2 aromatic rings. The highest BCUT2D eigenvalue weighted by molar-refractivity contribution is 5.57. The first-order valence-corrected chi connectivity index (χ1v) is 3.96. The lowest BCUT2D eigenvalue weighted by atomic mass is 10.3. The second-order valence-corrected chi connectivity index (χ2v) is 2.77. The van der Waals surface area contributed by atoms with Crippen molar-refractivity contribution in [2.45, 2.75) is 0 Å². The Bertz CT molecular complexity index is 405. The molecular weight excluding hydrogens is 188 g/mol. The van der Waals surface area contributed by atoms with Crippen molar-refractivity contribution in [2.75, 3.05) is 5.32 Å². The summed E-state index contributed by atoms with van der Waals surface area (Å²) in [6.45, 7) is 0. The lowest BCUT2D eigenvalue weighted by molar-refractivity contribution is 0.584. The molecule has 0 aliphatic carbocycles. The summed E-state index contributed by atoms with van der Waals surface area (Å²) in [5.74, 6) is -1.23. The Morgan fingerprint density at radius 1 is 1.07 bits per heavy atom. The summed E-state index contributed by atoms with van der Waals surface area (Å²) in [7, 11) is 0. The van der Waals surface area contributed by atoms with E-state index in [-0.39, 0.29) is 0 Å². The molecule has 0 unspecified atom stereocenters. The van der Waals surface area contributed by atoms with E-state index in [9.17, 15) is 8.78 Å². The quantitative estimate of drug-likeness (QED) is 0.772. The Morgan fingerprint density at radius 3 is 2.36 bits per heavy atom. The van der Waals surface area contributed by atoms with E-state index in [1.807, 2.05) is 0 Å². The minimum atomic E-state index is -0.615. The maximum Gasteiger partial charge on any atom is 0.128 e. The van der Waals surface area contributed by atoms with Crippen LogP contribution in [-0.4, -0.2) is 10.2 Å². The van der Waals surface area contributed by atoms with Crippen LogP contribution in [0.25, 0.3) is 0 Å². The number of nitrogens with one attached hydrogen (secondary N) is 2. The van der Waals surface area contributed by atoms with E-state index in [0.717, 1.165) is 6.07 Å². The molecule has 2 N–H and O–H groups in total. The number of rotatable bonds is 2. The minimum Gasteiger partial charge on any atom is -0.353 e. The fraction of sp³-hybridized carbons (Fsp3) is 0. The van der Waals surface area contributed by atoms with E-state index in [4.69, 9.17) is 0 Å². The topological polar surface area (TPSA) is 40.7 Å². The number of benzene rings is 1. The fourth-order valence-corrected chi connectivity index (χ4v) is 1.11. The molecule has 0 atom stereocenters. The van der Waals surface area contributed by atoms with Gasteiger partial charge in [0.1, 0.15) is 11.6 Å². The number of hydrogen-bond donors (Lipinski definition) is 2. The van der Waals surface area contributed by atoms with Crippen molar-refractivity contribution >= 4 is 11.4 Å². The molecule has 0 saturated carbocycles. The molecule has 0 fully saturated rings. The van der Waals surface area contributed by atoms with Crippen LogP contribution in [-0.2, 0) is 0 Å². The summed E-state index contributed by atoms with van der Waals surface area (Å²) in [5, 5.41) is 9.06. The third kappa shape index (κ3) is 1.87. The second-order valence-electron chi connectivity index (χ2n) is 2.77. The highest BCUT2D eigenvalue weighted by atomic mass is 19.1. The Morgan fingerprint density at radius 2 is 1.79 bits per heavy atom. The minimum absolute atomic E-state index is 0.351. The average molecular weight is 195 g/mol. The standard InChI is InChI=1S/C9H7F2N3/c10-6-1-7(11)3-8(2-6)14-9-4-12-13-5-9/h1-5,14H,(H,12,13). The molecule has 14 heavy (non-hydrogen) atoms. The second kappa shape index (κ2) is 3.45. The average Bonchev–Trinajstić information content (AvgIpc) is 2.54. The van der Waals surface area contributed by atoms with Crippen LogP contribution in [0.15, 0.2) is 30.6 Å². The van der Waals surface area contributed by atoms with Crippen molar-refractivity contribution in [1.82, 2.24) is 10.2 Å². The van der Waals surface area contributed by atoms with E-state index >= 15 is 0 Å². The molecule has 0 aliphatic heterocycles. The molecule has 1 heterocycles. The van der Waals surface area contributed by atoms with Crippen molar-refractivity contribution < 1.29 is 8.78 Å². The summed E-state index contributed by atoms with van der Waals surface area (Å²) in [5.41, 5.74) is 0.999. The highest BCUT2D eigenvalue weighted by Crippen LogP contribution is 2.17. The molecule has 1 aromatic heterocycles. The van der Waals surface area contributed by atoms with Gasteiger partial charge in [-0.15, -0.1) is 0 Å². The van der Waals surface area contributed by atoms with E-state index in [2.05, 4.69) is 15.5 Å². The van der Waals surface area contributed by atoms with Gasteiger partial charge in [0, 0.05) is 18.0 Å². The first-order chi connectivity index (χ1) is 6.74. The van der Waals surface area contributed by atoms with Crippen LogP contribution in [0.5, 0.6) is 0 Å². The summed E-state index contributed by atoms with van der Waals surface area (Å²) in [6.07, 6.45) is 3.10. The lowest BCUT2D eigenvalue weighted by Crippen LogP contribution is -1.90. The van der Waals surface area contributed by atoms with Gasteiger partial charge >= 0.3 is 0 Å². The van der Waals surface area contributed by atoms with Crippen LogP contribution in [0.3, 0.4) is 0 Å². The van der Waals surface area contributed by atoms with Gasteiger partial charge in [0.2, 0.25) is 0 Å². The molecule has 5 heteroatoms. The number of aromatic amines is 1. The third-order valence-electron chi connectivity index (χ3n) is 1.65. The fourth-order valence-electron chi connectivity index (χ4n) is 1.11. The zero-order valence-electron chi connectivity index (χ0n) is 7.09. The van der Waals surface area contributed by atoms with Crippen molar-refractivity contribution in [2.24, 2.45) is 0 Å². The zero-order valence-corrected chi connectivity index (χ0v) is 7.09. The summed E-state index contributed by atoms with van der Waals surface area (Å²) >= 11 is 0. The summed E-state index contributed by atoms with van der Waals surface area (Å²) < 4.78 is 25.5. The zero-order chi connectivity index (χ0) is 9.97. The van der Waals surface area contributed by atoms with Gasteiger partial charge in [0.15, 0.2) is 0 Å². The maximum absolute atomic E-state index is 12.8. The van der Waals surface area contributed by atoms with Crippen molar-refractivity contribution in [1.29, 1.82) is 0 Å². The van der Waals surface area contributed by atoms with Gasteiger partial charge < -0.3 is 5.32 Å². The number of aromatic nitrogens is 2. The van der Waals surface area contributed by atoms with Crippen LogP contribution in [0.2, 0.25) is 0 Å². The molecule has 0 amide bonds. The van der Waals surface area contributed by atoms with E-state index in [0.29, 0.717) is 11.4 Å². The largest absolute Gasteiger partial charge is 0.353 e. The molecule has 0 radical (unpaired) electrons. The number of H-pyrrole nitrogens is 1. The maximum atomic E-state index is 12.8. The van der Waals surface area contributed by atoms with Gasteiger partial charge in [-0.3, -0.25) is 5.10 Å². The predicted molar refractivity (Wildman–Crippen MR) is 48.2 cm³/mol. The van der Waals surface area contributed by atoms with Gasteiger partial charge in [-0.25, -0.2) is 8.78 Å². The third-order valence-corrected chi connectivity index (χ3v) is 1.65. The van der Waals surface area contributed by atoms with Gasteiger partial charge in [0.05, 0.1) is 11.9 Å². The van der Waals surface area contributed by atoms with E-state index in [1.54, 1.807) is 6.20 Å².